The van der Waals surface area contributed by atoms with Crippen molar-refractivity contribution in [3.8, 4) is 0 Å². The van der Waals surface area contributed by atoms with E-state index in [9.17, 15) is 27.2 Å². The van der Waals surface area contributed by atoms with Crippen LogP contribution in [0, 0.1) is 5.82 Å². The van der Waals surface area contributed by atoms with Crippen molar-refractivity contribution in [3.05, 3.63) is 63.9 Å². The Bertz CT molecular complexity index is 866. The van der Waals surface area contributed by atoms with Crippen LogP contribution in [-0.2, 0) is 6.18 Å². The second-order valence-corrected chi connectivity index (χ2v) is 5.95. The Morgan fingerprint density at radius 1 is 1.08 bits per heavy atom. The first kappa shape index (κ1) is 19.7. The van der Waals surface area contributed by atoms with Gasteiger partial charge in [0.05, 0.1) is 16.1 Å². The zero-order valence-corrected chi connectivity index (χ0v) is 14.4. The average molecular weight is 389 g/mol. The second-order valence-electron chi connectivity index (χ2n) is 5.54. The number of anilines is 1. The van der Waals surface area contributed by atoms with Gasteiger partial charge in [0.15, 0.2) is 0 Å². The van der Waals surface area contributed by atoms with Crippen LogP contribution in [0.3, 0.4) is 0 Å². The Balaban J connectivity index is 2.31. The smallest absolute Gasteiger partial charge is 0.345 e. The summed E-state index contributed by atoms with van der Waals surface area (Å²) in [7, 11) is 3.03. The molecule has 0 atom stereocenters. The highest BCUT2D eigenvalue weighted by atomic mass is 35.5. The van der Waals surface area contributed by atoms with E-state index in [0.29, 0.717) is 12.1 Å². The number of halogens is 5. The number of carbonyl (C=O) groups excluding carboxylic acids is 2. The number of alkyl halides is 3. The van der Waals surface area contributed by atoms with E-state index in [4.69, 9.17) is 11.6 Å². The zero-order chi connectivity index (χ0) is 19.6. The summed E-state index contributed by atoms with van der Waals surface area (Å²) in [6.45, 7) is 0. The summed E-state index contributed by atoms with van der Waals surface area (Å²) in [5.74, 6) is -2.77. The Morgan fingerprint density at radius 3 is 2.31 bits per heavy atom. The third kappa shape index (κ3) is 4.32. The number of nitrogens with one attached hydrogen (secondary N) is 1. The van der Waals surface area contributed by atoms with E-state index in [1.54, 1.807) is 0 Å². The molecule has 4 nitrogen and oxygen atoms in total. The molecule has 2 aromatic rings. The van der Waals surface area contributed by atoms with Gasteiger partial charge in [-0.3, -0.25) is 9.59 Å². The Kier molecular flexibility index (Phi) is 5.56. The van der Waals surface area contributed by atoms with Crippen LogP contribution in [0.4, 0.5) is 23.2 Å². The second kappa shape index (κ2) is 7.33. The topological polar surface area (TPSA) is 49.4 Å². The van der Waals surface area contributed by atoms with Crippen molar-refractivity contribution < 1.29 is 27.2 Å². The Morgan fingerprint density at radius 2 is 1.73 bits per heavy atom. The fraction of sp³-hybridized carbons (Fsp3) is 0.176. The van der Waals surface area contributed by atoms with Gasteiger partial charge in [-0.15, -0.1) is 0 Å². The lowest BCUT2D eigenvalue weighted by Gasteiger charge is -2.14. The summed E-state index contributed by atoms with van der Waals surface area (Å²) in [6, 6.07) is 5.99. The summed E-state index contributed by atoms with van der Waals surface area (Å²) in [4.78, 5) is 25.5. The lowest BCUT2D eigenvalue weighted by molar-refractivity contribution is -0.140. The number of rotatable bonds is 3. The minimum atomic E-state index is -4.92. The number of hydrogen-bond donors (Lipinski definition) is 1. The van der Waals surface area contributed by atoms with Gasteiger partial charge in [-0.1, -0.05) is 11.6 Å². The molecule has 2 rings (SSSR count). The van der Waals surface area contributed by atoms with Crippen molar-refractivity contribution in [2.45, 2.75) is 6.18 Å². The summed E-state index contributed by atoms with van der Waals surface area (Å²) >= 11 is 5.95. The molecular formula is C17H13ClF4N2O2. The standard InChI is InChI=1S/C17H13ClF4N2O2/c1-24(2)16(26)11-8-10(4-5-13(11)18)23-15(25)9-3-6-14(19)12(7-9)17(20,21)22/h3-8H,1-2H3,(H,23,25). The number of hydrogen-bond acceptors (Lipinski definition) is 2. The molecule has 0 aliphatic heterocycles. The van der Waals surface area contributed by atoms with E-state index in [1.165, 1.54) is 37.2 Å². The first-order valence-corrected chi connectivity index (χ1v) is 7.58. The highest BCUT2D eigenvalue weighted by molar-refractivity contribution is 6.34. The lowest BCUT2D eigenvalue weighted by atomic mass is 10.1. The van der Waals surface area contributed by atoms with Crippen LogP contribution in [0.2, 0.25) is 5.02 Å². The Labute approximate surface area is 151 Å². The molecule has 0 spiro atoms. The summed E-state index contributed by atoms with van der Waals surface area (Å²) in [5.41, 5.74) is -1.65. The predicted molar refractivity (Wildman–Crippen MR) is 88.8 cm³/mol. The van der Waals surface area contributed by atoms with Crippen LogP contribution in [0.5, 0.6) is 0 Å². The average Bonchev–Trinajstić information content (AvgIpc) is 2.55. The lowest BCUT2D eigenvalue weighted by Crippen LogP contribution is -2.22. The fourth-order valence-electron chi connectivity index (χ4n) is 2.09. The van der Waals surface area contributed by atoms with Crippen molar-refractivity contribution in [2.24, 2.45) is 0 Å². The third-order valence-corrected chi connectivity index (χ3v) is 3.72. The molecule has 0 aromatic heterocycles. The molecule has 0 saturated carbocycles. The van der Waals surface area contributed by atoms with Gasteiger partial charge in [0.25, 0.3) is 11.8 Å². The van der Waals surface area contributed by atoms with Gasteiger partial charge >= 0.3 is 6.18 Å². The van der Waals surface area contributed by atoms with Gasteiger partial charge in [-0.05, 0) is 36.4 Å². The molecule has 0 saturated heterocycles. The van der Waals surface area contributed by atoms with E-state index >= 15 is 0 Å². The maximum atomic E-state index is 13.3. The van der Waals surface area contributed by atoms with Gasteiger partial charge < -0.3 is 10.2 Å². The molecule has 2 aromatic carbocycles. The molecule has 2 amide bonds. The zero-order valence-electron chi connectivity index (χ0n) is 13.6. The molecule has 138 valence electrons. The van der Waals surface area contributed by atoms with Crippen LogP contribution in [-0.4, -0.2) is 30.8 Å². The summed E-state index contributed by atoms with van der Waals surface area (Å²) in [5, 5.41) is 2.52. The van der Waals surface area contributed by atoms with E-state index in [0.717, 1.165) is 6.07 Å². The molecule has 1 N–H and O–H groups in total. The molecule has 0 aliphatic rings. The maximum absolute atomic E-state index is 13.3. The van der Waals surface area contributed by atoms with E-state index < -0.39 is 29.4 Å². The van der Waals surface area contributed by atoms with E-state index in [2.05, 4.69) is 5.32 Å². The molecule has 9 heteroatoms. The van der Waals surface area contributed by atoms with Gasteiger partial charge in [-0.25, -0.2) is 4.39 Å². The van der Waals surface area contributed by atoms with Gasteiger partial charge in [0, 0.05) is 25.3 Å². The Hall–Kier alpha value is -2.61. The van der Waals surface area contributed by atoms with Crippen LogP contribution in [0.25, 0.3) is 0 Å². The minimum Gasteiger partial charge on any atom is -0.345 e. The van der Waals surface area contributed by atoms with Crippen LogP contribution in [0.15, 0.2) is 36.4 Å². The van der Waals surface area contributed by atoms with Crippen LogP contribution >= 0.6 is 11.6 Å². The molecule has 0 unspecified atom stereocenters. The van der Waals surface area contributed by atoms with Gasteiger partial charge in [0.1, 0.15) is 5.82 Å². The largest absolute Gasteiger partial charge is 0.419 e. The third-order valence-electron chi connectivity index (χ3n) is 3.39. The van der Waals surface area contributed by atoms with E-state index in [-0.39, 0.29) is 21.8 Å². The monoisotopic (exact) mass is 388 g/mol. The molecule has 0 radical (unpaired) electrons. The van der Waals surface area contributed by atoms with E-state index in [1.807, 2.05) is 0 Å². The normalized spacial score (nSPS) is 11.2. The summed E-state index contributed by atoms with van der Waals surface area (Å²) < 4.78 is 51.6. The van der Waals surface area contributed by atoms with Crippen LogP contribution < -0.4 is 5.32 Å². The SMILES string of the molecule is CN(C)C(=O)c1cc(NC(=O)c2ccc(F)c(C(F)(F)F)c2)ccc1Cl. The number of carbonyl (C=O) groups is 2. The molecular weight excluding hydrogens is 376 g/mol. The molecule has 0 heterocycles. The van der Waals surface area contributed by atoms with Crippen molar-refractivity contribution in [1.82, 2.24) is 4.90 Å². The predicted octanol–water partition coefficient (Wildman–Crippen LogP) is 4.45. The van der Waals surface area contributed by atoms with Gasteiger partial charge in [0.2, 0.25) is 0 Å². The minimum absolute atomic E-state index is 0.115. The highest BCUT2D eigenvalue weighted by Gasteiger charge is 2.34. The first-order valence-electron chi connectivity index (χ1n) is 7.20. The van der Waals surface area contributed by atoms with Crippen molar-refractivity contribution in [2.75, 3.05) is 19.4 Å². The van der Waals surface area contributed by atoms with Gasteiger partial charge in [-0.2, -0.15) is 13.2 Å². The molecule has 0 aliphatic carbocycles. The summed E-state index contributed by atoms with van der Waals surface area (Å²) in [6.07, 6.45) is -4.92. The molecule has 26 heavy (non-hydrogen) atoms. The quantitative estimate of drug-likeness (QED) is 0.790. The number of amides is 2. The van der Waals surface area contributed by atoms with Crippen molar-refractivity contribution >= 4 is 29.1 Å². The number of benzene rings is 2. The van der Waals surface area contributed by atoms with Crippen molar-refractivity contribution in [3.63, 3.8) is 0 Å². The van der Waals surface area contributed by atoms with Crippen LogP contribution in [0.1, 0.15) is 26.3 Å². The fourth-order valence-corrected chi connectivity index (χ4v) is 2.29. The molecule has 0 bridgehead atoms. The number of nitrogens with zero attached hydrogens (tertiary/aromatic N) is 1. The molecule has 0 fully saturated rings. The maximum Gasteiger partial charge on any atom is 0.419 e. The van der Waals surface area contributed by atoms with Crippen molar-refractivity contribution in [1.29, 1.82) is 0 Å². The highest BCUT2D eigenvalue weighted by Crippen LogP contribution is 2.32. The first-order chi connectivity index (χ1) is 12.0.